The summed E-state index contributed by atoms with van der Waals surface area (Å²) in [5.74, 6) is 0.839. The average Bonchev–Trinajstić information content (AvgIpc) is 3.10. The fraction of sp³-hybridized carbons (Fsp3) is 0.930. The van der Waals surface area contributed by atoms with Gasteiger partial charge in [-0.3, -0.25) is 14.4 Å². The summed E-state index contributed by atoms with van der Waals surface area (Å²) < 4.78 is 16.6. The van der Waals surface area contributed by atoms with Crippen molar-refractivity contribution in [2.75, 3.05) is 13.2 Å². The highest BCUT2D eigenvalue weighted by Crippen LogP contribution is 2.17. The summed E-state index contributed by atoms with van der Waals surface area (Å²) >= 11 is 0. The minimum Gasteiger partial charge on any atom is -0.462 e. The Kier molecular flexibility index (Phi) is 35.0. The van der Waals surface area contributed by atoms with Gasteiger partial charge in [0.1, 0.15) is 13.2 Å². The molecule has 0 aromatic carbocycles. The van der Waals surface area contributed by atoms with Crippen LogP contribution in [0.3, 0.4) is 0 Å². The SMILES string of the molecule is CCCCCCCC(=O)OC[C@@H](COC(=O)CCCCCCCCCCC(C)CC)OC(=O)CCCCCCCCCCCCC(C)CC. The van der Waals surface area contributed by atoms with Gasteiger partial charge in [0.15, 0.2) is 6.10 Å². The summed E-state index contributed by atoms with van der Waals surface area (Å²) in [7, 11) is 0. The topological polar surface area (TPSA) is 78.9 Å². The highest BCUT2D eigenvalue weighted by molar-refractivity contribution is 5.71. The molecule has 3 atom stereocenters. The molecule has 0 fully saturated rings. The normalized spacial score (nSPS) is 13.2. The van der Waals surface area contributed by atoms with Crippen molar-refractivity contribution in [3.63, 3.8) is 0 Å². The monoisotopic (exact) mass is 695 g/mol. The van der Waals surface area contributed by atoms with E-state index in [1.54, 1.807) is 0 Å². The molecule has 0 spiro atoms. The van der Waals surface area contributed by atoms with Crippen LogP contribution in [0.5, 0.6) is 0 Å². The van der Waals surface area contributed by atoms with Gasteiger partial charge in [-0.2, -0.15) is 0 Å². The second kappa shape index (κ2) is 36.2. The van der Waals surface area contributed by atoms with Crippen LogP contribution in [0.25, 0.3) is 0 Å². The molecule has 0 amide bonds. The first-order valence-electron chi connectivity index (χ1n) is 21.3. The minimum atomic E-state index is -0.758. The highest BCUT2D eigenvalue weighted by Gasteiger charge is 2.19. The Bertz CT molecular complexity index is 753. The van der Waals surface area contributed by atoms with Crippen LogP contribution in [0.1, 0.15) is 227 Å². The maximum absolute atomic E-state index is 12.6. The third-order valence-electron chi connectivity index (χ3n) is 10.2. The molecule has 2 unspecified atom stereocenters. The van der Waals surface area contributed by atoms with Crippen molar-refractivity contribution in [1.82, 2.24) is 0 Å². The molecule has 0 rings (SSSR count). The van der Waals surface area contributed by atoms with Gasteiger partial charge in [-0.1, -0.05) is 189 Å². The van der Waals surface area contributed by atoms with Crippen LogP contribution in [0.2, 0.25) is 0 Å². The van der Waals surface area contributed by atoms with E-state index >= 15 is 0 Å². The summed E-state index contributed by atoms with van der Waals surface area (Å²) in [5.41, 5.74) is 0. The van der Waals surface area contributed by atoms with Gasteiger partial charge in [0, 0.05) is 19.3 Å². The van der Waals surface area contributed by atoms with Crippen molar-refractivity contribution in [1.29, 1.82) is 0 Å². The number of ether oxygens (including phenoxy) is 3. The Hall–Kier alpha value is -1.59. The first kappa shape index (κ1) is 47.4. The van der Waals surface area contributed by atoms with Crippen LogP contribution in [0.15, 0.2) is 0 Å². The van der Waals surface area contributed by atoms with E-state index < -0.39 is 6.10 Å². The molecule has 0 aromatic heterocycles. The zero-order chi connectivity index (χ0) is 36.2. The third-order valence-corrected chi connectivity index (χ3v) is 10.2. The number of carbonyl (C=O) groups excluding carboxylic acids is 3. The van der Waals surface area contributed by atoms with Crippen LogP contribution in [0.4, 0.5) is 0 Å². The van der Waals surface area contributed by atoms with Gasteiger partial charge < -0.3 is 14.2 Å². The van der Waals surface area contributed by atoms with Gasteiger partial charge in [0.2, 0.25) is 0 Å². The molecule has 49 heavy (non-hydrogen) atoms. The molecule has 0 aliphatic carbocycles. The molecule has 0 N–H and O–H groups in total. The number of esters is 3. The zero-order valence-electron chi connectivity index (χ0n) is 33.3. The average molecular weight is 695 g/mol. The minimum absolute atomic E-state index is 0.0668. The first-order chi connectivity index (χ1) is 23.8. The predicted molar refractivity (Wildman–Crippen MR) is 206 cm³/mol. The standard InChI is InChI=1S/C43H82O6/c1-6-9-10-21-28-33-41(44)47-36-40(37-48-42(45)34-29-24-19-16-15-18-23-27-32-39(5)8-3)49-43(46)35-30-25-20-14-12-11-13-17-22-26-31-38(4)7-2/h38-40H,6-37H2,1-5H3/t38?,39?,40-/m0/s1. The van der Waals surface area contributed by atoms with Crippen molar-refractivity contribution in [3.05, 3.63) is 0 Å². The Morgan fingerprint density at radius 3 is 1.06 bits per heavy atom. The van der Waals surface area contributed by atoms with Crippen LogP contribution < -0.4 is 0 Å². The van der Waals surface area contributed by atoms with Crippen molar-refractivity contribution < 1.29 is 28.6 Å². The third kappa shape index (κ3) is 34.6. The van der Waals surface area contributed by atoms with Crippen LogP contribution >= 0.6 is 0 Å². The number of hydrogen-bond acceptors (Lipinski definition) is 6. The highest BCUT2D eigenvalue weighted by atomic mass is 16.6. The molecule has 6 nitrogen and oxygen atoms in total. The van der Waals surface area contributed by atoms with Crippen LogP contribution in [-0.2, 0) is 28.6 Å². The molecule has 0 heterocycles. The van der Waals surface area contributed by atoms with Crippen LogP contribution in [0, 0.1) is 11.8 Å². The Balaban J connectivity index is 4.25. The predicted octanol–water partition coefficient (Wildman–Crippen LogP) is 13.0. The van der Waals surface area contributed by atoms with Gasteiger partial charge in [-0.15, -0.1) is 0 Å². The second-order valence-electron chi connectivity index (χ2n) is 15.1. The molecule has 6 heteroatoms. The summed E-state index contributed by atoms with van der Waals surface area (Å²) in [6, 6.07) is 0. The summed E-state index contributed by atoms with van der Waals surface area (Å²) in [6.45, 7) is 11.3. The number of rotatable bonds is 37. The number of carbonyl (C=O) groups is 3. The Morgan fingerprint density at radius 2 is 0.714 bits per heavy atom. The lowest BCUT2D eigenvalue weighted by atomic mass is 9.99. The molecule has 0 radical (unpaired) electrons. The summed E-state index contributed by atoms with van der Waals surface area (Å²) in [4.78, 5) is 37.4. The van der Waals surface area contributed by atoms with E-state index in [0.717, 1.165) is 76.0 Å². The van der Waals surface area contributed by atoms with E-state index in [1.807, 2.05) is 0 Å². The molecular formula is C43H82O6. The van der Waals surface area contributed by atoms with E-state index in [-0.39, 0.29) is 31.1 Å². The van der Waals surface area contributed by atoms with E-state index in [4.69, 9.17) is 14.2 Å². The van der Waals surface area contributed by atoms with Crippen molar-refractivity contribution in [2.24, 2.45) is 11.8 Å². The molecule has 0 aliphatic rings. The fourth-order valence-corrected chi connectivity index (χ4v) is 6.16. The van der Waals surface area contributed by atoms with E-state index in [9.17, 15) is 14.4 Å². The first-order valence-corrected chi connectivity index (χ1v) is 21.3. The summed E-state index contributed by atoms with van der Waals surface area (Å²) in [6.07, 6.45) is 32.5. The molecule has 0 aromatic rings. The van der Waals surface area contributed by atoms with Crippen molar-refractivity contribution in [3.8, 4) is 0 Å². The van der Waals surface area contributed by atoms with E-state index in [1.165, 1.54) is 109 Å². The molecule has 0 bridgehead atoms. The summed E-state index contributed by atoms with van der Waals surface area (Å²) in [5, 5.41) is 0. The Morgan fingerprint density at radius 1 is 0.408 bits per heavy atom. The quantitative estimate of drug-likeness (QED) is 0.0366. The zero-order valence-corrected chi connectivity index (χ0v) is 33.3. The molecule has 290 valence electrons. The maximum Gasteiger partial charge on any atom is 0.306 e. The maximum atomic E-state index is 12.6. The molecular weight excluding hydrogens is 612 g/mol. The Labute approximate surface area is 304 Å². The lowest BCUT2D eigenvalue weighted by Crippen LogP contribution is -2.30. The smallest absolute Gasteiger partial charge is 0.306 e. The van der Waals surface area contributed by atoms with Crippen molar-refractivity contribution in [2.45, 2.75) is 233 Å². The largest absolute Gasteiger partial charge is 0.462 e. The molecule has 0 saturated heterocycles. The number of unbranched alkanes of at least 4 members (excludes halogenated alkanes) is 20. The fourth-order valence-electron chi connectivity index (χ4n) is 6.16. The van der Waals surface area contributed by atoms with Gasteiger partial charge in [0.25, 0.3) is 0 Å². The van der Waals surface area contributed by atoms with Gasteiger partial charge in [0.05, 0.1) is 0 Å². The van der Waals surface area contributed by atoms with Gasteiger partial charge in [-0.05, 0) is 31.1 Å². The molecule has 0 saturated carbocycles. The van der Waals surface area contributed by atoms with Crippen molar-refractivity contribution >= 4 is 17.9 Å². The van der Waals surface area contributed by atoms with Gasteiger partial charge in [-0.25, -0.2) is 0 Å². The molecule has 0 aliphatic heterocycles. The van der Waals surface area contributed by atoms with Gasteiger partial charge >= 0.3 is 17.9 Å². The number of hydrogen-bond donors (Lipinski definition) is 0. The van der Waals surface area contributed by atoms with E-state index in [2.05, 4.69) is 34.6 Å². The van der Waals surface area contributed by atoms with Crippen LogP contribution in [-0.4, -0.2) is 37.2 Å². The lowest BCUT2D eigenvalue weighted by molar-refractivity contribution is -0.167. The second-order valence-corrected chi connectivity index (χ2v) is 15.1. The van der Waals surface area contributed by atoms with E-state index in [0.29, 0.717) is 19.3 Å². The lowest BCUT2D eigenvalue weighted by Gasteiger charge is -2.18.